The van der Waals surface area contributed by atoms with Crippen molar-refractivity contribution in [3.8, 4) is 11.5 Å². The van der Waals surface area contributed by atoms with Crippen molar-refractivity contribution in [2.75, 3.05) is 0 Å². The molecule has 0 aliphatic rings. The first kappa shape index (κ1) is 14.3. The van der Waals surface area contributed by atoms with Crippen molar-refractivity contribution in [2.45, 2.75) is 13.5 Å². The fourth-order valence-electron chi connectivity index (χ4n) is 1.72. The number of nitrogens with two attached hydrogens (primary N) is 1. The normalized spacial score (nSPS) is 10.3. The van der Waals surface area contributed by atoms with Gasteiger partial charge in [-0.05, 0) is 36.2 Å². The van der Waals surface area contributed by atoms with Crippen molar-refractivity contribution in [1.82, 2.24) is 0 Å². The van der Waals surface area contributed by atoms with Gasteiger partial charge in [0.15, 0.2) is 0 Å². The standard InChI is InChI=1S/C14H13ClN2O3/c1-9-2-3-10(8-16)6-14(9)20-13-5-4-11(15)7-12(13)17(18)19/h2-7H,8,16H2,1H3. The van der Waals surface area contributed by atoms with E-state index >= 15 is 0 Å². The molecule has 0 aromatic heterocycles. The summed E-state index contributed by atoms with van der Waals surface area (Å²) in [6.45, 7) is 2.23. The number of nitrogens with zero attached hydrogens (tertiary/aromatic N) is 1. The fourth-order valence-corrected chi connectivity index (χ4v) is 1.89. The molecule has 0 aliphatic heterocycles. The van der Waals surface area contributed by atoms with Crippen molar-refractivity contribution in [1.29, 1.82) is 0 Å². The molecule has 104 valence electrons. The van der Waals surface area contributed by atoms with Crippen LogP contribution in [0.5, 0.6) is 11.5 Å². The summed E-state index contributed by atoms with van der Waals surface area (Å²) in [4.78, 5) is 10.5. The molecule has 5 nitrogen and oxygen atoms in total. The second-order valence-corrected chi connectivity index (χ2v) is 4.71. The lowest BCUT2D eigenvalue weighted by atomic mass is 10.1. The SMILES string of the molecule is Cc1ccc(CN)cc1Oc1ccc(Cl)cc1[N+](=O)[O-]. The summed E-state index contributed by atoms with van der Waals surface area (Å²) in [7, 11) is 0. The molecule has 0 fully saturated rings. The Hall–Kier alpha value is -2.11. The second-order valence-electron chi connectivity index (χ2n) is 4.28. The van der Waals surface area contributed by atoms with Crippen LogP contribution in [0.3, 0.4) is 0 Å². The van der Waals surface area contributed by atoms with Crippen LogP contribution in [0.1, 0.15) is 11.1 Å². The van der Waals surface area contributed by atoms with Gasteiger partial charge in [-0.3, -0.25) is 10.1 Å². The zero-order valence-corrected chi connectivity index (χ0v) is 11.6. The van der Waals surface area contributed by atoms with Gasteiger partial charge in [-0.1, -0.05) is 23.7 Å². The van der Waals surface area contributed by atoms with Crippen LogP contribution in [0.2, 0.25) is 5.02 Å². The van der Waals surface area contributed by atoms with Gasteiger partial charge in [0, 0.05) is 17.6 Å². The van der Waals surface area contributed by atoms with Crippen LogP contribution in [0.25, 0.3) is 0 Å². The number of halogens is 1. The minimum absolute atomic E-state index is 0.150. The van der Waals surface area contributed by atoms with Gasteiger partial charge in [-0.25, -0.2) is 0 Å². The predicted molar refractivity (Wildman–Crippen MR) is 77.3 cm³/mol. The van der Waals surface area contributed by atoms with Gasteiger partial charge in [-0.2, -0.15) is 0 Å². The summed E-state index contributed by atoms with van der Waals surface area (Å²) in [5.41, 5.74) is 7.17. The monoisotopic (exact) mass is 292 g/mol. The zero-order valence-electron chi connectivity index (χ0n) is 10.8. The highest BCUT2D eigenvalue weighted by Crippen LogP contribution is 2.35. The minimum atomic E-state index is -0.524. The molecule has 0 atom stereocenters. The summed E-state index contributed by atoms with van der Waals surface area (Å²) in [5.74, 6) is 0.690. The van der Waals surface area contributed by atoms with Gasteiger partial charge in [0.05, 0.1) is 4.92 Å². The van der Waals surface area contributed by atoms with Gasteiger partial charge in [0.25, 0.3) is 0 Å². The largest absolute Gasteiger partial charge is 0.450 e. The topological polar surface area (TPSA) is 78.4 Å². The maximum Gasteiger partial charge on any atom is 0.313 e. The number of nitro groups is 1. The number of hydrogen-bond donors (Lipinski definition) is 1. The fraction of sp³-hybridized carbons (Fsp3) is 0.143. The van der Waals surface area contributed by atoms with Crippen molar-refractivity contribution < 1.29 is 9.66 Å². The molecule has 0 saturated carbocycles. The lowest BCUT2D eigenvalue weighted by molar-refractivity contribution is -0.385. The smallest absolute Gasteiger partial charge is 0.313 e. The third-order valence-corrected chi connectivity index (χ3v) is 3.06. The Morgan fingerprint density at radius 1 is 1.25 bits per heavy atom. The Balaban J connectivity index is 2.42. The summed E-state index contributed by atoms with van der Waals surface area (Å²) in [6, 6.07) is 9.81. The lowest BCUT2D eigenvalue weighted by Crippen LogP contribution is -1.98. The van der Waals surface area contributed by atoms with Crippen molar-refractivity contribution in [2.24, 2.45) is 5.73 Å². The van der Waals surface area contributed by atoms with Crippen molar-refractivity contribution >= 4 is 17.3 Å². The van der Waals surface area contributed by atoms with E-state index in [1.54, 1.807) is 12.1 Å². The van der Waals surface area contributed by atoms with Crippen LogP contribution >= 0.6 is 11.6 Å². The Bertz CT molecular complexity index is 659. The van der Waals surface area contributed by atoms with Crippen LogP contribution in [0, 0.1) is 17.0 Å². The van der Waals surface area contributed by atoms with E-state index in [1.165, 1.54) is 12.1 Å². The van der Waals surface area contributed by atoms with Crippen molar-refractivity contribution in [3.05, 3.63) is 62.7 Å². The molecular formula is C14H13ClN2O3. The molecule has 0 unspecified atom stereocenters. The Kier molecular flexibility index (Phi) is 4.22. The minimum Gasteiger partial charge on any atom is -0.450 e. The Morgan fingerprint density at radius 2 is 2.00 bits per heavy atom. The molecule has 2 rings (SSSR count). The number of hydrogen-bond acceptors (Lipinski definition) is 4. The third kappa shape index (κ3) is 3.07. The molecule has 0 spiro atoms. The van der Waals surface area contributed by atoms with E-state index in [1.807, 2.05) is 19.1 Å². The molecule has 0 amide bonds. The maximum atomic E-state index is 11.0. The van der Waals surface area contributed by atoms with E-state index in [0.29, 0.717) is 12.3 Å². The van der Waals surface area contributed by atoms with E-state index < -0.39 is 4.92 Å². The van der Waals surface area contributed by atoms with E-state index in [2.05, 4.69) is 0 Å². The third-order valence-electron chi connectivity index (χ3n) is 2.83. The summed E-state index contributed by atoms with van der Waals surface area (Å²) in [5, 5.41) is 11.3. The van der Waals surface area contributed by atoms with Gasteiger partial charge in [0.1, 0.15) is 5.75 Å². The molecule has 2 aromatic rings. The Labute approximate surface area is 121 Å². The number of ether oxygens (including phenoxy) is 1. The average molecular weight is 293 g/mol. The zero-order chi connectivity index (χ0) is 14.7. The van der Waals surface area contributed by atoms with E-state index in [9.17, 15) is 10.1 Å². The van der Waals surface area contributed by atoms with E-state index in [0.717, 1.165) is 11.1 Å². The quantitative estimate of drug-likeness (QED) is 0.686. The first-order valence-electron chi connectivity index (χ1n) is 5.92. The lowest BCUT2D eigenvalue weighted by Gasteiger charge is -2.10. The highest BCUT2D eigenvalue weighted by atomic mass is 35.5. The van der Waals surface area contributed by atoms with Gasteiger partial charge in [0.2, 0.25) is 5.75 Å². The Morgan fingerprint density at radius 3 is 2.65 bits per heavy atom. The predicted octanol–water partition coefficient (Wildman–Crippen LogP) is 3.81. The maximum absolute atomic E-state index is 11.0. The van der Waals surface area contributed by atoms with Gasteiger partial charge < -0.3 is 10.5 Å². The van der Waals surface area contributed by atoms with Crippen LogP contribution in [-0.2, 0) is 6.54 Å². The molecule has 2 aromatic carbocycles. The summed E-state index contributed by atoms with van der Waals surface area (Å²) in [6.07, 6.45) is 0. The van der Waals surface area contributed by atoms with Gasteiger partial charge >= 0.3 is 5.69 Å². The van der Waals surface area contributed by atoms with Gasteiger partial charge in [-0.15, -0.1) is 0 Å². The van der Waals surface area contributed by atoms with Crippen molar-refractivity contribution in [3.63, 3.8) is 0 Å². The second kappa shape index (κ2) is 5.90. The van der Waals surface area contributed by atoms with Crippen LogP contribution in [-0.4, -0.2) is 4.92 Å². The molecule has 0 heterocycles. The molecule has 2 N–H and O–H groups in total. The van der Waals surface area contributed by atoms with E-state index in [-0.39, 0.29) is 16.5 Å². The van der Waals surface area contributed by atoms with E-state index in [4.69, 9.17) is 22.1 Å². The summed E-state index contributed by atoms with van der Waals surface area (Å²) >= 11 is 5.77. The highest BCUT2D eigenvalue weighted by molar-refractivity contribution is 6.30. The first-order chi connectivity index (χ1) is 9.51. The highest BCUT2D eigenvalue weighted by Gasteiger charge is 2.17. The van der Waals surface area contributed by atoms with Crippen LogP contribution < -0.4 is 10.5 Å². The molecule has 0 aliphatic carbocycles. The van der Waals surface area contributed by atoms with Crippen LogP contribution in [0.15, 0.2) is 36.4 Å². The molecule has 0 radical (unpaired) electrons. The molecular weight excluding hydrogens is 280 g/mol. The molecule has 20 heavy (non-hydrogen) atoms. The number of nitro benzene ring substituents is 1. The number of rotatable bonds is 4. The first-order valence-corrected chi connectivity index (χ1v) is 6.30. The summed E-state index contributed by atoms with van der Waals surface area (Å²) < 4.78 is 5.64. The van der Waals surface area contributed by atoms with Crippen LogP contribution in [0.4, 0.5) is 5.69 Å². The number of aryl methyl sites for hydroxylation is 1. The number of benzene rings is 2. The molecule has 6 heteroatoms. The average Bonchev–Trinajstić information content (AvgIpc) is 2.42. The molecule has 0 saturated heterocycles. The molecule has 0 bridgehead atoms.